The molecule has 1 heterocycles. The smallest absolute Gasteiger partial charge is 0.0476 e. The molecule has 0 aliphatic rings. The van der Waals surface area contributed by atoms with Crippen molar-refractivity contribution in [3.05, 3.63) is 164 Å². The van der Waals surface area contributed by atoms with Gasteiger partial charge in [0.2, 0.25) is 0 Å². The molecule has 0 spiro atoms. The fraction of sp³-hybridized carbons (Fsp3) is 0. The summed E-state index contributed by atoms with van der Waals surface area (Å²) in [6.07, 6.45) is 0. The zero-order valence-corrected chi connectivity index (χ0v) is 24.8. The van der Waals surface area contributed by atoms with Gasteiger partial charge >= 0.3 is 0 Å². The number of fused-ring (bicyclic) bond motifs is 8. The number of hydrogen-bond acceptors (Lipinski definition) is 2. The first kappa shape index (κ1) is 25.1. The molecule has 1 nitrogen and oxygen atoms in total. The van der Waals surface area contributed by atoms with Crippen molar-refractivity contribution in [2.45, 2.75) is 0 Å². The van der Waals surface area contributed by atoms with Gasteiger partial charge in [0.1, 0.15) is 0 Å². The third kappa shape index (κ3) is 4.07. The van der Waals surface area contributed by atoms with Crippen LogP contribution in [0.4, 0.5) is 17.1 Å². The SMILES string of the molecule is c1ccc(-c2ccc(N(c3ccc4c(c3)sc3ccccc34)c3ccc4ccc5c6ccccc6ccc5c4c3)cc2)cc1. The summed E-state index contributed by atoms with van der Waals surface area (Å²) in [5.41, 5.74) is 5.87. The Hall–Kier alpha value is -5.44. The third-order valence-corrected chi connectivity index (χ3v) is 9.97. The van der Waals surface area contributed by atoms with Gasteiger partial charge in [0.25, 0.3) is 0 Å². The molecule has 0 radical (unpaired) electrons. The lowest BCUT2D eigenvalue weighted by Crippen LogP contribution is -2.09. The van der Waals surface area contributed by atoms with E-state index in [1.165, 1.54) is 63.6 Å². The molecule has 9 rings (SSSR count). The molecule has 0 saturated heterocycles. The molecular formula is C42H27NS. The van der Waals surface area contributed by atoms with Gasteiger partial charge in [-0.2, -0.15) is 0 Å². The van der Waals surface area contributed by atoms with Crippen LogP contribution in [0.15, 0.2) is 164 Å². The minimum Gasteiger partial charge on any atom is -0.310 e. The van der Waals surface area contributed by atoms with E-state index in [4.69, 9.17) is 0 Å². The maximum atomic E-state index is 2.40. The number of rotatable bonds is 4. The normalized spacial score (nSPS) is 11.6. The monoisotopic (exact) mass is 577 g/mol. The number of anilines is 3. The van der Waals surface area contributed by atoms with Crippen molar-refractivity contribution in [2.24, 2.45) is 0 Å². The quantitative estimate of drug-likeness (QED) is 0.188. The van der Waals surface area contributed by atoms with Crippen LogP contribution in [0.2, 0.25) is 0 Å². The Morgan fingerprint density at radius 1 is 0.318 bits per heavy atom. The summed E-state index contributed by atoms with van der Waals surface area (Å²) in [6, 6.07) is 59.8. The molecule has 0 amide bonds. The van der Waals surface area contributed by atoms with Crippen LogP contribution < -0.4 is 4.90 Å². The maximum Gasteiger partial charge on any atom is 0.0476 e. The molecule has 2 heteroatoms. The summed E-state index contributed by atoms with van der Waals surface area (Å²) in [5.74, 6) is 0. The van der Waals surface area contributed by atoms with Crippen molar-refractivity contribution in [2.75, 3.05) is 4.90 Å². The highest BCUT2D eigenvalue weighted by Crippen LogP contribution is 2.42. The molecule has 0 atom stereocenters. The summed E-state index contributed by atoms with van der Waals surface area (Å²) in [6.45, 7) is 0. The Morgan fingerprint density at radius 2 is 0.864 bits per heavy atom. The van der Waals surface area contributed by atoms with Crippen LogP contribution in [-0.4, -0.2) is 0 Å². The molecule has 0 aliphatic heterocycles. The van der Waals surface area contributed by atoms with Crippen LogP contribution in [0.1, 0.15) is 0 Å². The zero-order chi connectivity index (χ0) is 29.0. The molecule has 1 aromatic heterocycles. The van der Waals surface area contributed by atoms with Gasteiger partial charge in [0.05, 0.1) is 0 Å². The lowest BCUT2D eigenvalue weighted by atomic mass is 9.96. The first-order valence-electron chi connectivity index (χ1n) is 15.0. The van der Waals surface area contributed by atoms with Crippen molar-refractivity contribution < 1.29 is 0 Å². The average molecular weight is 578 g/mol. The standard InChI is InChI=1S/C42H27NS/c1-2-8-28(9-3-1)29-14-19-32(20-15-29)43(34-22-25-39-38-12-6-7-13-41(38)44-42(39)27-34)33-21-16-31-18-23-36-35-11-5-4-10-30(35)17-24-37(36)40(31)26-33/h1-27H. The van der Waals surface area contributed by atoms with E-state index >= 15 is 0 Å². The van der Waals surface area contributed by atoms with Crippen LogP contribution in [0.3, 0.4) is 0 Å². The number of thiophene rings is 1. The topological polar surface area (TPSA) is 3.24 Å². The molecule has 0 aliphatic carbocycles. The minimum absolute atomic E-state index is 1.13. The van der Waals surface area contributed by atoms with Gasteiger partial charge in [-0.25, -0.2) is 0 Å². The van der Waals surface area contributed by atoms with Crippen LogP contribution in [0.5, 0.6) is 0 Å². The highest BCUT2D eigenvalue weighted by Gasteiger charge is 2.16. The van der Waals surface area contributed by atoms with Gasteiger partial charge in [0.15, 0.2) is 0 Å². The van der Waals surface area contributed by atoms with Crippen molar-refractivity contribution in [1.29, 1.82) is 0 Å². The minimum atomic E-state index is 1.13. The van der Waals surface area contributed by atoms with E-state index in [1.54, 1.807) is 0 Å². The lowest BCUT2D eigenvalue weighted by molar-refractivity contribution is 1.30. The van der Waals surface area contributed by atoms with Gasteiger partial charge < -0.3 is 4.90 Å². The average Bonchev–Trinajstić information content (AvgIpc) is 3.47. The molecule has 8 aromatic carbocycles. The van der Waals surface area contributed by atoms with Crippen LogP contribution in [0.25, 0.3) is 63.6 Å². The third-order valence-electron chi connectivity index (χ3n) is 8.84. The van der Waals surface area contributed by atoms with Crippen LogP contribution in [-0.2, 0) is 0 Å². The van der Waals surface area contributed by atoms with Gasteiger partial charge in [-0.05, 0) is 85.9 Å². The summed E-state index contributed by atoms with van der Waals surface area (Å²) >= 11 is 1.86. The van der Waals surface area contributed by atoms with E-state index in [2.05, 4.69) is 169 Å². The Bertz CT molecular complexity index is 2490. The molecular weight excluding hydrogens is 551 g/mol. The van der Waals surface area contributed by atoms with Crippen LogP contribution in [0, 0.1) is 0 Å². The molecule has 206 valence electrons. The van der Waals surface area contributed by atoms with Gasteiger partial charge in [-0.1, -0.05) is 121 Å². The number of nitrogens with zero attached hydrogens (tertiary/aromatic N) is 1. The fourth-order valence-corrected chi connectivity index (χ4v) is 7.82. The predicted octanol–water partition coefficient (Wildman–Crippen LogP) is 12.7. The predicted molar refractivity (Wildman–Crippen MR) is 192 cm³/mol. The maximum absolute atomic E-state index is 2.40. The Morgan fingerprint density at radius 3 is 1.70 bits per heavy atom. The molecule has 0 saturated carbocycles. The van der Waals surface area contributed by atoms with E-state index in [-0.39, 0.29) is 0 Å². The summed E-state index contributed by atoms with van der Waals surface area (Å²) in [5, 5.41) is 10.3. The lowest BCUT2D eigenvalue weighted by Gasteiger charge is -2.26. The summed E-state index contributed by atoms with van der Waals surface area (Å²) in [4.78, 5) is 2.40. The molecule has 9 aromatic rings. The first-order chi connectivity index (χ1) is 21.8. The second-order valence-corrected chi connectivity index (χ2v) is 12.5. The molecule has 0 N–H and O–H groups in total. The van der Waals surface area contributed by atoms with Crippen molar-refractivity contribution >= 4 is 80.9 Å². The van der Waals surface area contributed by atoms with Gasteiger partial charge in [-0.15, -0.1) is 11.3 Å². The molecule has 0 bridgehead atoms. The van der Waals surface area contributed by atoms with E-state index in [0.717, 1.165) is 17.1 Å². The Balaban J connectivity index is 1.25. The first-order valence-corrected chi connectivity index (χ1v) is 15.8. The second kappa shape index (κ2) is 10.1. The highest BCUT2D eigenvalue weighted by molar-refractivity contribution is 7.25. The van der Waals surface area contributed by atoms with Crippen molar-refractivity contribution in [3.8, 4) is 11.1 Å². The molecule has 44 heavy (non-hydrogen) atoms. The Kier molecular flexibility index (Phi) is 5.75. The van der Waals surface area contributed by atoms with Gasteiger partial charge in [-0.3, -0.25) is 0 Å². The molecule has 0 unspecified atom stereocenters. The van der Waals surface area contributed by atoms with E-state index < -0.39 is 0 Å². The zero-order valence-electron chi connectivity index (χ0n) is 23.9. The Labute approximate surface area is 259 Å². The second-order valence-electron chi connectivity index (χ2n) is 11.4. The molecule has 0 fully saturated rings. The van der Waals surface area contributed by atoms with Crippen LogP contribution >= 0.6 is 11.3 Å². The van der Waals surface area contributed by atoms with Gasteiger partial charge in [0, 0.05) is 37.2 Å². The van der Waals surface area contributed by atoms with E-state index in [1.807, 2.05) is 11.3 Å². The highest BCUT2D eigenvalue weighted by atomic mass is 32.1. The summed E-state index contributed by atoms with van der Waals surface area (Å²) < 4.78 is 2.62. The number of hydrogen-bond donors (Lipinski definition) is 0. The van der Waals surface area contributed by atoms with E-state index in [0.29, 0.717) is 0 Å². The van der Waals surface area contributed by atoms with Crippen molar-refractivity contribution in [3.63, 3.8) is 0 Å². The van der Waals surface area contributed by atoms with Crippen molar-refractivity contribution in [1.82, 2.24) is 0 Å². The largest absolute Gasteiger partial charge is 0.310 e. The number of benzene rings is 8. The fourth-order valence-electron chi connectivity index (χ4n) is 6.68. The van der Waals surface area contributed by atoms with E-state index in [9.17, 15) is 0 Å². The summed E-state index contributed by atoms with van der Waals surface area (Å²) in [7, 11) is 0.